The normalized spacial score (nSPS) is 12.4. The number of hydrogen-bond donors (Lipinski definition) is 1. The highest BCUT2D eigenvalue weighted by molar-refractivity contribution is 6.28. The van der Waals surface area contributed by atoms with Crippen LogP contribution in [0.4, 0.5) is 4.39 Å². The average Bonchev–Trinajstić information content (AvgIpc) is 2.84. The van der Waals surface area contributed by atoms with Gasteiger partial charge in [-0.25, -0.2) is 4.39 Å². The summed E-state index contributed by atoms with van der Waals surface area (Å²) in [5, 5.41) is 3.41. The van der Waals surface area contributed by atoms with Gasteiger partial charge in [-0.1, -0.05) is 12.1 Å². The van der Waals surface area contributed by atoms with Gasteiger partial charge in [-0.2, -0.15) is 0 Å². The van der Waals surface area contributed by atoms with Crippen molar-refractivity contribution in [2.24, 2.45) is 0 Å². The summed E-state index contributed by atoms with van der Waals surface area (Å²) in [5.74, 6) is 0.572. The predicted octanol–water partition coefficient (Wildman–Crippen LogP) is 3.58. The van der Waals surface area contributed by atoms with Crippen LogP contribution in [-0.4, -0.2) is 14.2 Å². The van der Waals surface area contributed by atoms with Gasteiger partial charge in [-0.05, 0) is 48.8 Å². The van der Waals surface area contributed by atoms with Gasteiger partial charge in [-0.15, -0.1) is 0 Å². The van der Waals surface area contributed by atoms with Gasteiger partial charge in [0.25, 0.3) is 0 Å². The molecule has 0 bridgehead atoms. The molecular weight excluding hydrogens is 269 g/mol. The van der Waals surface area contributed by atoms with Crippen molar-refractivity contribution < 1.29 is 13.5 Å². The molecule has 0 spiro atoms. The van der Waals surface area contributed by atoms with E-state index in [2.05, 4.69) is 5.32 Å². The molecule has 0 amide bonds. The minimum absolute atomic E-state index is 0.144. The third-order valence-corrected chi connectivity index (χ3v) is 3.18. The second-order valence-corrected chi connectivity index (χ2v) is 4.49. The summed E-state index contributed by atoms with van der Waals surface area (Å²) in [4.78, 5) is 0. The Kier molecular flexibility index (Phi) is 4.45. The number of nitrogens with one attached hydrogen (secondary N) is 1. The molecule has 1 unspecified atom stereocenters. The molecule has 1 aromatic carbocycles. The smallest absolute Gasteiger partial charge is 0.193 e. The number of ether oxygens (including phenoxy) is 1. The molecule has 0 saturated heterocycles. The van der Waals surface area contributed by atoms with Gasteiger partial charge in [0.2, 0.25) is 0 Å². The van der Waals surface area contributed by atoms with Crippen LogP contribution in [0.3, 0.4) is 0 Å². The number of halogens is 2. The van der Waals surface area contributed by atoms with E-state index in [-0.39, 0.29) is 17.6 Å². The van der Waals surface area contributed by atoms with Crippen molar-refractivity contribution in [2.45, 2.75) is 12.5 Å². The summed E-state index contributed by atoms with van der Waals surface area (Å²) >= 11 is 5.75. The Balaban J connectivity index is 2.23. The molecule has 1 atom stereocenters. The van der Waals surface area contributed by atoms with Gasteiger partial charge in [-0.3, -0.25) is 0 Å². The van der Waals surface area contributed by atoms with Crippen molar-refractivity contribution in [3.05, 3.63) is 52.7 Å². The van der Waals surface area contributed by atoms with Crippen LogP contribution in [0.5, 0.6) is 5.75 Å². The van der Waals surface area contributed by atoms with E-state index >= 15 is 0 Å². The predicted molar refractivity (Wildman–Crippen MR) is 72.2 cm³/mol. The van der Waals surface area contributed by atoms with Crippen LogP contribution >= 0.6 is 11.6 Å². The lowest BCUT2D eigenvalue weighted by Gasteiger charge is -2.15. The van der Waals surface area contributed by atoms with Crippen molar-refractivity contribution in [1.29, 1.82) is 0 Å². The molecule has 0 aliphatic rings. The van der Waals surface area contributed by atoms with E-state index < -0.39 is 0 Å². The Morgan fingerprint density at radius 2 is 2.16 bits per heavy atom. The van der Waals surface area contributed by atoms with E-state index in [9.17, 15) is 4.39 Å². The van der Waals surface area contributed by atoms with Gasteiger partial charge in [0.15, 0.2) is 16.8 Å². The Hall–Kier alpha value is -1.52. The summed E-state index contributed by atoms with van der Waals surface area (Å²) < 4.78 is 24.4. The fourth-order valence-electron chi connectivity index (χ4n) is 1.95. The second-order valence-electron chi connectivity index (χ2n) is 4.12. The highest BCUT2D eigenvalue weighted by Gasteiger charge is 2.17. The zero-order valence-electron chi connectivity index (χ0n) is 10.7. The van der Waals surface area contributed by atoms with Crippen LogP contribution in [0.1, 0.15) is 17.4 Å². The molecule has 2 aromatic rings. The van der Waals surface area contributed by atoms with Crippen molar-refractivity contribution in [3.63, 3.8) is 0 Å². The molecule has 1 N–H and O–H groups in total. The summed E-state index contributed by atoms with van der Waals surface area (Å²) in [6, 6.07) is 8.39. The molecule has 5 heteroatoms. The fraction of sp³-hybridized carbons (Fsp3) is 0.286. The van der Waals surface area contributed by atoms with Gasteiger partial charge in [0.1, 0.15) is 5.76 Å². The standard InChI is InChI=1S/C14H15ClFNO2/c1-17-10(11-6-7-13(15)19-11)8-9-4-3-5-12(18-2)14(9)16/h3-7,10,17H,8H2,1-2H3. The first-order chi connectivity index (χ1) is 9.15. The van der Waals surface area contributed by atoms with Crippen LogP contribution in [-0.2, 0) is 6.42 Å². The number of hydrogen-bond acceptors (Lipinski definition) is 3. The maximum atomic E-state index is 14.1. The highest BCUT2D eigenvalue weighted by atomic mass is 35.5. The van der Waals surface area contributed by atoms with E-state index in [4.69, 9.17) is 20.8 Å². The molecule has 0 fully saturated rings. The number of methoxy groups -OCH3 is 1. The lowest BCUT2D eigenvalue weighted by atomic mass is 10.0. The van der Waals surface area contributed by atoms with E-state index in [1.54, 1.807) is 37.4 Å². The molecule has 102 valence electrons. The average molecular weight is 284 g/mol. The highest BCUT2D eigenvalue weighted by Crippen LogP contribution is 2.26. The number of furan rings is 1. The van der Waals surface area contributed by atoms with E-state index in [0.717, 1.165) is 0 Å². The first kappa shape index (κ1) is 13.9. The van der Waals surface area contributed by atoms with Crippen molar-refractivity contribution >= 4 is 11.6 Å². The zero-order chi connectivity index (χ0) is 13.8. The number of rotatable bonds is 5. The van der Waals surface area contributed by atoms with Crippen molar-refractivity contribution in [2.75, 3.05) is 14.2 Å². The fourth-order valence-corrected chi connectivity index (χ4v) is 2.10. The van der Waals surface area contributed by atoms with Crippen LogP contribution < -0.4 is 10.1 Å². The maximum absolute atomic E-state index is 14.1. The molecule has 0 aliphatic carbocycles. The molecule has 1 aromatic heterocycles. The third kappa shape index (κ3) is 3.08. The quantitative estimate of drug-likeness (QED) is 0.911. The van der Waals surface area contributed by atoms with E-state index in [1.807, 2.05) is 0 Å². The maximum Gasteiger partial charge on any atom is 0.193 e. The van der Waals surface area contributed by atoms with Crippen molar-refractivity contribution in [3.8, 4) is 5.75 Å². The summed E-state index contributed by atoms with van der Waals surface area (Å²) in [6.07, 6.45) is 0.448. The third-order valence-electron chi connectivity index (χ3n) is 2.97. The minimum Gasteiger partial charge on any atom is -0.494 e. The SMILES string of the molecule is CNC(Cc1cccc(OC)c1F)c1ccc(Cl)o1. The van der Waals surface area contributed by atoms with Crippen LogP contribution in [0.15, 0.2) is 34.7 Å². The lowest BCUT2D eigenvalue weighted by molar-refractivity contribution is 0.380. The molecule has 1 heterocycles. The number of benzene rings is 1. The van der Waals surface area contributed by atoms with E-state index in [0.29, 0.717) is 23.0 Å². The zero-order valence-corrected chi connectivity index (χ0v) is 11.5. The summed E-state index contributed by atoms with van der Waals surface area (Å²) in [5.41, 5.74) is 0.561. The van der Waals surface area contributed by atoms with Gasteiger partial charge >= 0.3 is 0 Å². The van der Waals surface area contributed by atoms with Crippen LogP contribution in [0.2, 0.25) is 5.22 Å². The molecule has 0 saturated carbocycles. The minimum atomic E-state index is -0.345. The first-order valence-corrected chi connectivity index (χ1v) is 6.27. The molecule has 19 heavy (non-hydrogen) atoms. The Labute approximate surface area is 116 Å². The monoisotopic (exact) mass is 283 g/mol. The molecule has 0 radical (unpaired) electrons. The molecule has 0 aliphatic heterocycles. The second kappa shape index (κ2) is 6.08. The van der Waals surface area contributed by atoms with Crippen molar-refractivity contribution in [1.82, 2.24) is 5.32 Å². The topological polar surface area (TPSA) is 34.4 Å². The Bertz CT molecular complexity index is 556. The molecular formula is C14H15ClFNO2. The Morgan fingerprint density at radius 1 is 1.37 bits per heavy atom. The van der Waals surface area contributed by atoms with Gasteiger partial charge < -0.3 is 14.5 Å². The van der Waals surface area contributed by atoms with Gasteiger partial charge in [0, 0.05) is 0 Å². The van der Waals surface area contributed by atoms with Crippen LogP contribution in [0.25, 0.3) is 0 Å². The summed E-state index contributed by atoms with van der Waals surface area (Å²) in [7, 11) is 3.24. The molecule has 2 rings (SSSR count). The Morgan fingerprint density at radius 3 is 2.74 bits per heavy atom. The van der Waals surface area contributed by atoms with Crippen LogP contribution in [0, 0.1) is 5.82 Å². The van der Waals surface area contributed by atoms with Gasteiger partial charge in [0.05, 0.1) is 13.2 Å². The van der Waals surface area contributed by atoms with E-state index in [1.165, 1.54) is 7.11 Å². The number of likely N-dealkylation sites (N-methyl/N-ethyl adjacent to an activating group) is 1. The summed E-state index contributed by atoms with van der Waals surface area (Å²) in [6.45, 7) is 0. The molecule has 3 nitrogen and oxygen atoms in total. The first-order valence-electron chi connectivity index (χ1n) is 5.89. The largest absolute Gasteiger partial charge is 0.494 e. The lowest BCUT2D eigenvalue weighted by Crippen LogP contribution is -2.18.